The number of benzene rings is 1. The van der Waals surface area contributed by atoms with Gasteiger partial charge in [0.05, 0.1) is 14.2 Å². The second-order valence-corrected chi connectivity index (χ2v) is 3.60. The molecule has 1 aromatic carbocycles. The van der Waals surface area contributed by atoms with Gasteiger partial charge in [-0.3, -0.25) is 0 Å². The van der Waals surface area contributed by atoms with Crippen molar-refractivity contribution in [3.05, 3.63) is 23.3 Å². The molecule has 0 amide bonds. The SMILES string of the molecule is COc1ccc(OC)c2c1CC(N)C2. The van der Waals surface area contributed by atoms with E-state index < -0.39 is 0 Å². The van der Waals surface area contributed by atoms with Crippen LogP contribution in [0.5, 0.6) is 11.5 Å². The largest absolute Gasteiger partial charge is 0.496 e. The molecule has 14 heavy (non-hydrogen) atoms. The van der Waals surface area contributed by atoms with E-state index in [1.54, 1.807) is 14.2 Å². The lowest BCUT2D eigenvalue weighted by atomic mass is 10.1. The van der Waals surface area contributed by atoms with E-state index >= 15 is 0 Å². The normalized spacial score (nSPS) is 15.4. The maximum absolute atomic E-state index is 5.92. The summed E-state index contributed by atoms with van der Waals surface area (Å²) in [7, 11) is 3.37. The van der Waals surface area contributed by atoms with Gasteiger partial charge in [0.25, 0.3) is 0 Å². The number of methoxy groups -OCH3 is 2. The Balaban J connectivity index is 2.50. The summed E-state index contributed by atoms with van der Waals surface area (Å²) in [5.41, 5.74) is 8.34. The summed E-state index contributed by atoms with van der Waals surface area (Å²) in [5.74, 6) is 1.85. The molecule has 1 aromatic rings. The maximum atomic E-state index is 5.92. The van der Waals surface area contributed by atoms with Crippen molar-refractivity contribution in [2.45, 2.75) is 18.9 Å². The molecule has 3 nitrogen and oxygen atoms in total. The first-order chi connectivity index (χ1) is 6.76. The van der Waals surface area contributed by atoms with Gasteiger partial charge in [0, 0.05) is 17.2 Å². The first kappa shape index (κ1) is 9.34. The van der Waals surface area contributed by atoms with Gasteiger partial charge in [-0.2, -0.15) is 0 Å². The average Bonchev–Trinajstić information content (AvgIpc) is 2.57. The van der Waals surface area contributed by atoms with E-state index in [0.717, 1.165) is 24.3 Å². The van der Waals surface area contributed by atoms with Crippen LogP contribution >= 0.6 is 0 Å². The monoisotopic (exact) mass is 193 g/mol. The highest BCUT2D eigenvalue weighted by atomic mass is 16.5. The second-order valence-electron chi connectivity index (χ2n) is 3.60. The third-order valence-corrected chi connectivity index (χ3v) is 2.72. The third-order valence-electron chi connectivity index (χ3n) is 2.72. The fourth-order valence-electron chi connectivity index (χ4n) is 2.08. The molecule has 76 valence electrons. The highest BCUT2D eigenvalue weighted by Gasteiger charge is 2.24. The molecule has 0 spiro atoms. The van der Waals surface area contributed by atoms with Crippen molar-refractivity contribution in [2.75, 3.05) is 14.2 Å². The van der Waals surface area contributed by atoms with Crippen LogP contribution in [0.2, 0.25) is 0 Å². The van der Waals surface area contributed by atoms with Gasteiger partial charge in [-0.25, -0.2) is 0 Å². The zero-order valence-corrected chi connectivity index (χ0v) is 8.54. The van der Waals surface area contributed by atoms with Crippen molar-refractivity contribution < 1.29 is 9.47 Å². The highest BCUT2D eigenvalue weighted by Crippen LogP contribution is 2.36. The summed E-state index contributed by atoms with van der Waals surface area (Å²) in [4.78, 5) is 0. The Morgan fingerprint density at radius 1 is 1.07 bits per heavy atom. The lowest BCUT2D eigenvalue weighted by Gasteiger charge is -2.10. The molecule has 0 saturated carbocycles. The van der Waals surface area contributed by atoms with Crippen molar-refractivity contribution in [1.82, 2.24) is 0 Å². The predicted octanol–water partition coefficient (Wildman–Crippen LogP) is 1.13. The third kappa shape index (κ3) is 1.34. The summed E-state index contributed by atoms with van der Waals surface area (Å²) in [5, 5.41) is 0. The maximum Gasteiger partial charge on any atom is 0.122 e. The van der Waals surface area contributed by atoms with E-state index in [-0.39, 0.29) is 6.04 Å². The molecule has 2 N–H and O–H groups in total. The standard InChI is InChI=1S/C11H15NO2/c1-13-10-3-4-11(14-2)9-6-7(12)5-8(9)10/h3-4,7H,5-6,12H2,1-2H3. The number of nitrogens with two attached hydrogens (primary N) is 1. The lowest BCUT2D eigenvalue weighted by molar-refractivity contribution is 0.398. The van der Waals surface area contributed by atoms with Crippen molar-refractivity contribution in [3.63, 3.8) is 0 Å². The molecular weight excluding hydrogens is 178 g/mol. The molecule has 0 radical (unpaired) electrons. The van der Waals surface area contributed by atoms with Gasteiger partial charge >= 0.3 is 0 Å². The Morgan fingerprint density at radius 3 is 1.86 bits per heavy atom. The lowest BCUT2D eigenvalue weighted by Crippen LogP contribution is -2.19. The molecule has 3 heteroatoms. The average molecular weight is 193 g/mol. The molecule has 1 aliphatic rings. The number of ether oxygens (including phenoxy) is 2. The van der Waals surface area contributed by atoms with Gasteiger partial charge in [-0.15, -0.1) is 0 Å². The van der Waals surface area contributed by atoms with Crippen LogP contribution in [0, 0.1) is 0 Å². The van der Waals surface area contributed by atoms with E-state index in [9.17, 15) is 0 Å². The van der Waals surface area contributed by atoms with E-state index in [1.165, 1.54) is 11.1 Å². The molecule has 2 rings (SSSR count). The minimum Gasteiger partial charge on any atom is -0.496 e. The van der Waals surface area contributed by atoms with Gasteiger partial charge in [0.2, 0.25) is 0 Å². The smallest absolute Gasteiger partial charge is 0.122 e. The van der Waals surface area contributed by atoms with E-state index in [1.807, 2.05) is 12.1 Å². The van der Waals surface area contributed by atoms with Crippen molar-refractivity contribution >= 4 is 0 Å². The zero-order valence-electron chi connectivity index (χ0n) is 8.54. The van der Waals surface area contributed by atoms with Crippen molar-refractivity contribution in [2.24, 2.45) is 5.73 Å². The van der Waals surface area contributed by atoms with Crippen molar-refractivity contribution in [1.29, 1.82) is 0 Å². The van der Waals surface area contributed by atoms with Gasteiger partial charge in [-0.05, 0) is 25.0 Å². The Labute approximate surface area is 83.8 Å². The topological polar surface area (TPSA) is 44.5 Å². The van der Waals surface area contributed by atoms with Gasteiger partial charge in [0.15, 0.2) is 0 Å². The summed E-state index contributed by atoms with van der Waals surface area (Å²) in [6.07, 6.45) is 1.77. The molecular formula is C11H15NO2. The molecule has 0 unspecified atom stereocenters. The zero-order chi connectivity index (χ0) is 10.1. The van der Waals surface area contributed by atoms with Crippen LogP contribution in [-0.2, 0) is 12.8 Å². The number of hydrogen-bond donors (Lipinski definition) is 1. The number of hydrogen-bond acceptors (Lipinski definition) is 3. The summed E-state index contributed by atoms with van der Waals surface area (Å²) < 4.78 is 10.6. The van der Waals surface area contributed by atoms with Crippen LogP contribution in [0.1, 0.15) is 11.1 Å². The van der Waals surface area contributed by atoms with E-state index in [2.05, 4.69) is 0 Å². The molecule has 0 heterocycles. The van der Waals surface area contributed by atoms with E-state index in [0.29, 0.717) is 0 Å². The molecule has 0 aliphatic heterocycles. The Morgan fingerprint density at radius 2 is 1.50 bits per heavy atom. The Bertz CT molecular complexity index is 316. The first-order valence-electron chi connectivity index (χ1n) is 4.74. The minimum atomic E-state index is 0.204. The Hall–Kier alpha value is -1.22. The van der Waals surface area contributed by atoms with Crippen LogP contribution in [0.3, 0.4) is 0 Å². The van der Waals surface area contributed by atoms with E-state index in [4.69, 9.17) is 15.2 Å². The van der Waals surface area contributed by atoms with Gasteiger partial charge in [0.1, 0.15) is 11.5 Å². The molecule has 0 bridgehead atoms. The van der Waals surface area contributed by atoms with Crippen LogP contribution in [0.15, 0.2) is 12.1 Å². The van der Waals surface area contributed by atoms with Gasteiger partial charge < -0.3 is 15.2 Å². The molecule has 0 fully saturated rings. The predicted molar refractivity (Wildman–Crippen MR) is 54.9 cm³/mol. The van der Waals surface area contributed by atoms with Crippen molar-refractivity contribution in [3.8, 4) is 11.5 Å². The quantitative estimate of drug-likeness (QED) is 0.765. The second kappa shape index (κ2) is 3.50. The molecule has 1 aliphatic carbocycles. The Kier molecular flexibility index (Phi) is 2.33. The first-order valence-corrected chi connectivity index (χ1v) is 4.74. The molecule has 0 aromatic heterocycles. The van der Waals surface area contributed by atoms with Gasteiger partial charge in [-0.1, -0.05) is 0 Å². The summed E-state index contributed by atoms with van der Waals surface area (Å²) >= 11 is 0. The number of rotatable bonds is 2. The molecule has 0 saturated heterocycles. The van der Waals surface area contributed by atoms with Crippen LogP contribution in [-0.4, -0.2) is 20.3 Å². The van der Waals surface area contributed by atoms with Crippen LogP contribution in [0.4, 0.5) is 0 Å². The minimum absolute atomic E-state index is 0.204. The summed E-state index contributed by atoms with van der Waals surface area (Å²) in [6, 6.07) is 4.08. The summed E-state index contributed by atoms with van der Waals surface area (Å²) in [6.45, 7) is 0. The fraction of sp³-hybridized carbons (Fsp3) is 0.455. The highest BCUT2D eigenvalue weighted by molar-refractivity contribution is 5.52. The molecule has 0 atom stereocenters. The van der Waals surface area contributed by atoms with Crippen LogP contribution in [0.25, 0.3) is 0 Å². The number of fused-ring (bicyclic) bond motifs is 1. The fourth-order valence-corrected chi connectivity index (χ4v) is 2.08. The van der Waals surface area contributed by atoms with Crippen LogP contribution < -0.4 is 15.2 Å².